The molecule has 1 saturated carbocycles. The first-order chi connectivity index (χ1) is 9.97. The van der Waals surface area contributed by atoms with Crippen molar-refractivity contribution in [2.75, 3.05) is 13.7 Å². The van der Waals surface area contributed by atoms with E-state index in [-0.39, 0.29) is 23.3 Å². The van der Waals surface area contributed by atoms with Crippen LogP contribution in [0.4, 0.5) is 0 Å². The molecule has 0 heterocycles. The van der Waals surface area contributed by atoms with E-state index >= 15 is 0 Å². The van der Waals surface area contributed by atoms with Crippen molar-refractivity contribution < 1.29 is 13.2 Å². The fourth-order valence-electron chi connectivity index (χ4n) is 2.95. The van der Waals surface area contributed by atoms with Gasteiger partial charge in [-0.3, -0.25) is 0 Å². The van der Waals surface area contributed by atoms with Gasteiger partial charge in [-0.05, 0) is 43.4 Å². The molecule has 1 fully saturated rings. The maximum atomic E-state index is 12.6. The van der Waals surface area contributed by atoms with Crippen LogP contribution >= 0.6 is 12.4 Å². The van der Waals surface area contributed by atoms with Gasteiger partial charge in [-0.15, -0.1) is 12.4 Å². The molecule has 126 valence electrons. The number of aryl methyl sites for hydroxylation is 1. The Morgan fingerprint density at radius 2 is 2.00 bits per heavy atom. The summed E-state index contributed by atoms with van der Waals surface area (Å²) in [7, 11) is -2.16. The maximum Gasteiger partial charge on any atom is 0.244 e. The monoisotopic (exact) mass is 348 g/mol. The predicted octanol–water partition coefficient (Wildman–Crippen LogP) is 2.22. The molecule has 0 aliphatic heterocycles. The number of ether oxygens (including phenoxy) is 1. The van der Waals surface area contributed by atoms with Crippen LogP contribution in [-0.2, 0) is 10.0 Å². The van der Waals surface area contributed by atoms with Crippen molar-refractivity contribution in [3.63, 3.8) is 0 Å². The summed E-state index contributed by atoms with van der Waals surface area (Å²) in [5.74, 6) is 0.691. The van der Waals surface area contributed by atoms with Gasteiger partial charge in [0.05, 0.1) is 7.11 Å². The molecule has 0 aromatic heterocycles. The first kappa shape index (κ1) is 19.2. The van der Waals surface area contributed by atoms with Crippen LogP contribution in [0.5, 0.6) is 5.75 Å². The average Bonchev–Trinajstić information content (AvgIpc) is 2.99. The lowest BCUT2D eigenvalue weighted by Crippen LogP contribution is -2.44. The van der Waals surface area contributed by atoms with Crippen molar-refractivity contribution >= 4 is 22.4 Å². The fourth-order valence-corrected chi connectivity index (χ4v) is 4.52. The molecule has 1 atom stereocenters. The summed E-state index contributed by atoms with van der Waals surface area (Å²) in [5, 5.41) is 0. The Morgan fingerprint density at radius 1 is 1.36 bits per heavy atom. The van der Waals surface area contributed by atoms with Gasteiger partial charge in [0.25, 0.3) is 0 Å². The molecular weight excluding hydrogens is 324 g/mol. The highest BCUT2D eigenvalue weighted by Gasteiger charge is 2.29. The molecule has 1 aliphatic rings. The summed E-state index contributed by atoms with van der Waals surface area (Å²) in [6.45, 7) is 2.17. The number of sulfonamides is 1. The Bertz CT molecular complexity index is 586. The first-order valence-electron chi connectivity index (χ1n) is 7.35. The molecular formula is C15H25ClN2O3S. The number of nitrogens with one attached hydrogen (secondary N) is 1. The molecule has 1 aromatic carbocycles. The Labute approximate surface area is 139 Å². The van der Waals surface area contributed by atoms with Gasteiger partial charge in [-0.2, -0.15) is 0 Å². The van der Waals surface area contributed by atoms with Gasteiger partial charge in [0.1, 0.15) is 10.6 Å². The van der Waals surface area contributed by atoms with Crippen molar-refractivity contribution in [2.45, 2.75) is 43.5 Å². The third kappa shape index (κ3) is 4.35. The highest BCUT2D eigenvalue weighted by molar-refractivity contribution is 7.89. The molecule has 1 aromatic rings. The molecule has 1 aliphatic carbocycles. The molecule has 2 rings (SSSR count). The van der Waals surface area contributed by atoms with Crippen LogP contribution in [0, 0.1) is 12.8 Å². The largest absolute Gasteiger partial charge is 0.495 e. The highest BCUT2D eigenvalue weighted by Crippen LogP contribution is 2.30. The molecule has 5 nitrogen and oxygen atoms in total. The normalized spacial score (nSPS) is 17.0. The molecule has 0 bridgehead atoms. The van der Waals surface area contributed by atoms with Gasteiger partial charge in [-0.1, -0.05) is 18.9 Å². The van der Waals surface area contributed by atoms with Crippen molar-refractivity contribution in [3.05, 3.63) is 23.8 Å². The second-order valence-electron chi connectivity index (χ2n) is 5.66. The van der Waals surface area contributed by atoms with E-state index in [4.69, 9.17) is 10.5 Å². The lowest BCUT2D eigenvalue weighted by molar-refractivity contribution is 0.394. The van der Waals surface area contributed by atoms with E-state index < -0.39 is 10.0 Å². The molecule has 1 unspecified atom stereocenters. The van der Waals surface area contributed by atoms with E-state index in [0.29, 0.717) is 18.2 Å². The summed E-state index contributed by atoms with van der Waals surface area (Å²) < 4.78 is 33.2. The molecule has 0 spiro atoms. The summed E-state index contributed by atoms with van der Waals surface area (Å²) in [6.07, 6.45) is 4.37. The van der Waals surface area contributed by atoms with Crippen LogP contribution in [0.15, 0.2) is 23.1 Å². The van der Waals surface area contributed by atoms with Gasteiger partial charge in [0.2, 0.25) is 10.0 Å². The van der Waals surface area contributed by atoms with Gasteiger partial charge in [0, 0.05) is 12.6 Å². The lowest BCUT2D eigenvalue weighted by atomic mass is 9.99. The Hall–Kier alpha value is -0.820. The van der Waals surface area contributed by atoms with Crippen molar-refractivity contribution in [1.82, 2.24) is 4.72 Å². The molecule has 22 heavy (non-hydrogen) atoms. The Kier molecular flexibility index (Phi) is 7.12. The second-order valence-corrected chi connectivity index (χ2v) is 7.34. The average molecular weight is 349 g/mol. The van der Waals surface area contributed by atoms with E-state index in [1.165, 1.54) is 7.11 Å². The van der Waals surface area contributed by atoms with Crippen molar-refractivity contribution in [2.24, 2.45) is 11.7 Å². The van der Waals surface area contributed by atoms with Gasteiger partial charge in [0.15, 0.2) is 0 Å². The quantitative estimate of drug-likeness (QED) is 0.825. The standard InChI is InChI=1S/C15H24N2O3S.ClH/c1-11-7-8-14(20-2)15(9-11)21(18,19)17-13(10-16)12-5-3-4-6-12;/h7-9,12-13,17H,3-6,10,16H2,1-2H3;1H. The zero-order valence-corrected chi connectivity index (χ0v) is 14.7. The zero-order valence-electron chi connectivity index (χ0n) is 13.0. The molecule has 0 saturated heterocycles. The number of benzene rings is 1. The molecule has 7 heteroatoms. The number of halogens is 1. The van der Waals surface area contributed by atoms with E-state index in [0.717, 1.165) is 31.2 Å². The number of nitrogens with two attached hydrogens (primary N) is 1. The second kappa shape index (κ2) is 8.15. The Morgan fingerprint density at radius 3 is 2.55 bits per heavy atom. The van der Waals surface area contributed by atoms with Crippen molar-refractivity contribution in [3.8, 4) is 5.75 Å². The van der Waals surface area contributed by atoms with Gasteiger partial charge in [-0.25, -0.2) is 13.1 Å². The third-order valence-corrected chi connectivity index (χ3v) is 5.65. The Balaban J connectivity index is 0.00000242. The van der Waals surface area contributed by atoms with Crippen LogP contribution in [0.2, 0.25) is 0 Å². The van der Waals surface area contributed by atoms with E-state index in [1.54, 1.807) is 12.1 Å². The van der Waals surface area contributed by atoms with Crippen molar-refractivity contribution in [1.29, 1.82) is 0 Å². The summed E-state index contributed by atoms with van der Waals surface area (Å²) in [5.41, 5.74) is 6.66. The van der Waals surface area contributed by atoms with Crippen LogP contribution in [0.25, 0.3) is 0 Å². The summed E-state index contributed by atoms with van der Waals surface area (Å²) in [4.78, 5) is 0.182. The topological polar surface area (TPSA) is 81.4 Å². The smallest absolute Gasteiger partial charge is 0.244 e. The van der Waals surface area contributed by atoms with Crippen LogP contribution in [-0.4, -0.2) is 28.1 Å². The number of hydrogen-bond donors (Lipinski definition) is 2. The number of methoxy groups -OCH3 is 1. The van der Waals surface area contributed by atoms with Crippen LogP contribution < -0.4 is 15.2 Å². The molecule has 0 radical (unpaired) electrons. The minimum absolute atomic E-state index is 0. The molecule has 0 amide bonds. The summed E-state index contributed by atoms with van der Waals surface area (Å²) >= 11 is 0. The lowest BCUT2D eigenvalue weighted by Gasteiger charge is -2.23. The highest BCUT2D eigenvalue weighted by atomic mass is 35.5. The van der Waals surface area contributed by atoms with Crippen LogP contribution in [0.3, 0.4) is 0 Å². The van der Waals surface area contributed by atoms with Gasteiger partial charge < -0.3 is 10.5 Å². The van der Waals surface area contributed by atoms with E-state index in [2.05, 4.69) is 4.72 Å². The van der Waals surface area contributed by atoms with Crippen LogP contribution in [0.1, 0.15) is 31.2 Å². The number of rotatable bonds is 6. The van der Waals surface area contributed by atoms with Gasteiger partial charge >= 0.3 is 0 Å². The third-order valence-electron chi connectivity index (χ3n) is 4.14. The first-order valence-corrected chi connectivity index (χ1v) is 8.83. The summed E-state index contributed by atoms with van der Waals surface area (Å²) in [6, 6.07) is 4.93. The predicted molar refractivity (Wildman–Crippen MR) is 90.1 cm³/mol. The minimum Gasteiger partial charge on any atom is -0.495 e. The molecule has 3 N–H and O–H groups in total. The SMILES string of the molecule is COc1ccc(C)cc1S(=O)(=O)NC(CN)C1CCCC1.Cl. The zero-order chi connectivity index (χ0) is 15.5. The maximum absolute atomic E-state index is 12.6. The van der Waals surface area contributed by atoms with E-state index in [1.807, 2.05) is 13.0 Å². The number of hydrogen-bond acceptors (Lipinski definition) is 4. The van der Waals surface area contributed by atoms with E-state index in [9.17, 15) is 8.42 Å². The minimum atomic E-state index is -3.63. The fraction of sp³-hybridized carbons (Fsp3) is 0.600.